The molecule has 2 saturated carbocycles. The highest BCUT2D eigenvalue weighted by Crippen LogP contribution is 2.57. The maximum Gasteiger partial charge on any atom is 0.445 e. The van der Waals surface area contributed by atoms with Gasteiger partial charge in [0, 0.05) is 5.92 Å². The number of hydrogen-bond donors (Lipinski definition) is 1. The molecule has 1 saturated heterocycles. The molecule has 1 spiro atoms. The lowest BCUT2D eigenvalue weighted by atomic mass is 9.81. The number of carbonyl (C=O) groups is 1. The van der Waals surface area contributed by atoms with E-state index in [9.17, 15) is 4.79 Å². The quantitative estimate of drug-likeness (QED) is 0.700. The van der Waals surface area contributed by atoms with Crippen molar-refractivity contribution in [3.8, 4) is 0 Å². The van der Waals surface area contributed by atoms with Crippen LogP contribution in [0.5, 0.6) is 0 Å². The highest BCUT2D eigenvalue weighted by molar-refractivity contribution is 8.01. The van der Waals surface area contributed by atoms with E-state index in [1.54, 1.807) is 0 Å². The van der Waals surface area contributed by atoms with Crippen LogP contribution in [-0.2, 0) is 0 Å². The molecule has 2 aliphatic heterocycles. The highest BCUT2D eigenvalue weighted by atomic mass is 32.2. The van der Waals surface area contributed by atoms with Crippen molar-refractivity contribution >= 4 is 29.3 Å². The summed E-state index contributed by atoms with van der Waals surface area (Å²) in [5.74, 6) is 1.39. The van der Waals surface area contributed by atoms with Crippen LogP contribution < -0.4 is 5.73 Å². The first kappa shape index (κ1) is 18.5. The Morgan fingerprint density at radius 2 is 1.68 bits per heavy atom. The number of benzene rings is 1. The second-order valence-electron chi connectivity index (χ2n) is 9.22. The summed E-state index contributed by atoms with van der Waals surface area (Å²) in [6.45, 7) is 2.08. The Morgan fingerprint density at radius 3 is 2.36 bits per heavy atom. The summed E-state index contributed by atoms with van der Waals surface area (Å²) in [5.41, 5.74) is 8.91. The van der Waals surface area contributed by atoms with E-state index in [2.05, 4.69) is 35.7 Å². The van der Waals surface area contributed by atoms with Gasteiger partial charge in [0.1, 0.15) is 11.1 Å². The Hall–Kier alpha value is -1.49. The van der Waals surface area contributed by atoms with Crippen molar-refractivity contribution in [2.24, 2.45) is 11.7 Å². The molecule has 1 aromatic carbocycles. The fraction of sp³-hybridized carbons (Fsp3) is 0.652. The summed E-state index contributed by atoms with van der Waals surface area (Å²) in [5, 5.41) is 0.296. The largest absolute Gasteiger partial charge is 0.445 e. The lowest BCUT2D eigenvalue weighted by Crippen LogP contribution is -2.51. The number of nitrogens with two attached hydrogens (primary N) is 1. The van der Waals surface area contributed by atoms with Gasteiger partial charge in [0.2, 0.25) is 5.84 Å². The molecular formula is C23H32N3OS+. The Kier molecular flexibility index (Phi) is 4.69. The van der Waals surface area contributed by atoms with Gasteiger partial charge in [-0.2, -0.15) is 4.58 Å². The third kappa shape index (κ3) is 2.80. The van der Waals surface area contributed by atoms with E-state index in [4.69, 9.17) is 5.73 Å². The number of aryl methyl sites for hydroxylation is 1. The fourth-order valence-corrected chi connectivity index (χ4v) is 8.14. The first-order valence-electron chi connectivity index (χ1n) is 11.1. The van der Waals surface area contributed by atoms with Crippen LogP contribution in [-0.4, -0.2) is 37.5 Å². The maximum atomic E-state index is 13.7. The van der Waals surface area contributed by atoms with E-state index < -0.39 is 0 Å². The van der Waals surface area contributed by atoms with Crippen LogP contribution in [0.2, 0.25) is 0 Å². The molecule has 3 fully saturated rings. The summed E-state index contributed by atoms with van der Waals surface area (Å²) in [4.78, 5) is 15.9. The van der Waals surface area contributed by atoms with Gasteiger partial charge < -0.3 is 5.73 Å². The van der Waals surface area contributed by atoms with Gasteiger partial charge >= 0.3 is 6.03 Å². The third-order valence-electron chi connectivity index (χ3n) is 7.40. The lowest BCUT2D eigenvalue weighted by molar-refractivity contribution is -0.334. The Balaban J connectivity index is 1.56. The SMILES string of the molecule is Cc1ccc([N+]2=C(N)C3N(C2=O)C(C2CCCCC2)SC32CCCCC2)cc1. The van der Waals surface area contributed by atoms with Crippen molar-refractivity contribution in [3.63, 3.8) is 0 Å². The Morgan fingerprint density at radius 1 is 1.04 bits per heavy atom. The summed E-state index contributed by atoms with van der Waals surface area (Å²) in [6, 6.07) is 8.40. The number of thioether (sulfide) groups is 1. The van der Waals surface area contributed by atoms with Crippen LogP contribution in [0.15, 0.2) is 24.3 Å². The molecule has 4 aliphatic rings. The monoisotopic (exact) mass is 398 g/mol. The lowest BCUT2D eigenvalue weighted by Gasteiger charge is -2.34. The summed E-state index contributed by atoms with van der Waals surface area (Å²) in [6.07, 6.45) is 12.7. The molecule has 1 aromatic rings. The molecule has 2 heterocycles. The van der Waals surface area contributed by atoms with Gasteiger partial charge in [0.25, 0.3) is 0 Å². The normalized spacial score (nSPS) is 30.3. The maximum absolute atomic E-state index is 13.7. The first-order chi connectivity index (χ1) is 13.6. The first-order valence-corrected chi connectivity index (χ1v) is 12.0. The second kappa shape index (κ2) is 7.08. The zero-order valence-corrected chi connectivity index (χ0v) is 17.7. The molecule has 0 radical (unpaired) electrons. The molecular weight excluding hydrogens is 366 g/mol. The summed E-state index contributed by atoms with van der Waals surface area (Å²) >= 11 is 2.12. The highest BCUT2D eigenvalue weighted by Gasteiger charge is 2.66. The molecule has 2 unspecified atom stereocenters. The molecule has 28 heavy (non-hydrogen) atoms. The van der Waals surface area contributed by atoms with Gasteiger partial charge in [-0.25, -0.2) is 9.69 Å². The number of urea groups is 1. The Labute approximate surface area is 172 Å². The zero-order valence-electron chi connectivity index (χ0n) is 16.9. The fourth-order valence-electron chi connectivity index (χ4n) is 5.98. The molecule has 2 N–H and O–H groups in total. The predicted octanol–water partition coefficient (Wildman–Crippen LogP) is 5.16. The van der Waals surface area contributed by atoms with Gasteiger partial charge in [-0.15, -0.1) is 11.8 Å². The molecule has 2 amide bonds. The smallest absolute Gasteiger partial charge is 0.319 e. The van der Waals surface area contributed by atoms with Gasteiger partial charge in [-0.3, -0.25) is 0 Å². The van der Waals surface area contributed by atoms with Crippen LogP contribution in [0.3, 0.4) is 0 Å². The van der Waals surface area contributed by atoms with Crippen molar-refractivity contribution in [2.45, 2.75) is 87.3 Å². The molecule has 0 bridgehead atoms. The number of carbonyl (C=O) groups excluding carboxylic acids is 1. The van der Waals surface area contributed by atoms with Crippen molar-refractivity contribution in [1.82, 2.24) is 4.90 Å². The van der Waals surface area contributed by atoms with E-state index in [1.165, 1.54) is 69.8 Å². The third-order valence-corrected chi connectivity index (χ3v) is 9.36. The van der Waals surface area contributed by atoms with E-state index in [0.29, 0.717) is 11.3 Å². The minimum atomic E-state index is 0.0681. The number of rotatable bonds is 2. The minimum Gasteiger partial charge on any atom is -0.319 e. The van der Waals surface area contributed by atoms with E-state index in [0.717, 1.165) is 11.5 Å². The Bertz CT molecular complexity index is 791. The molecule has 5 rings (SSSR count). The van der Waals surface area contributed by atoms with E-state index >= 15 is 0 Å². The van der Waals surface area contributed by atoms with Crippen molar-refractivity contribution in [1.29, 1.82) is 0 Å². The molecule has 5 heteroatoms. The minimum absolute atomic E-state index is 0.0681. The standard InChI is InChI=1S/C23H31N3OS/c1-16-10-12-18(13-11-16)25-20(24)19-23(14-6-3-7-15-23)28-21(26(19)22(25)27)17-8-4-2-5-9-17/h10-13,17,19,21,24H,2-9,14-15H2,1H3/p+1. The zero-order chi connectivity index (χ0) is 19.3. The number of nitrogens with zero attached hydrogens (tertiary/aromatic N) is 2. The van der Waals surface area contributed by atoms with Crippen molar-refractivity contribution < 1.29 is 9.37 Å². The molecule has 4 nitrogen and oxygen atoms in total. The van der Waals surface area contributed by atoms with E-state index in [1.807, 2.05) is 16.7 Å². The van der Waals surface area contributed by atoms with Gasteiger partial charge in [-0.05, 0) is 44.7 Å². The molecule has 0 aromatic heterocycles. The number of amides is 2. The number of fused-ring (bicyclic) bond motifs is 2. The van der Waals surface area contributed by atoms with Crippen LogP contribution in [0, 0.1) is 12.8 Å². The van der Waals surface area contributed by atoms with Crippen molar-refractivity contribution in [3.05, 3.63) is 29.8 Å². The van der Waals surface area contributed by atoms with Crippen LogP contribution in [0.4, 0.5) is 10.5 Å². The molecule has 2 aliphatic carbocycles. The molecule has 2 atom stereocenters. The van der Waals surface area contributed by atoms with Crippen LogP contribution >= 0.6 is 11.8 Å². The van der Waals surface area contributed by atoms with Crippen LogP contribution in [0.1, 0.15) is 69.8 Å². The van der Waals surface area contributed by atoms with Gasteiger partial charge in [-0.1, -0.05) is 56.2 Å². The summed E-state index contributed by atoms with van der Waals surface area (Å²) < 4.78 is 1.94. The average Bonchev–Trinajstić information content (AvgIpc) is 3.18. The molecule has 150 valence electrons. The predicted molar refractivity (Wildman–Crippen MR) is 115 cm³/mol. The van der Waals surface area contributed by atoms with Gasteiger partial charge in [0.15, 0.2) is 6.04 Å². The average molecular weight is 399 g/mol. The topological polar surface area (TPSA) is 49.3 Å². The van der Waals surface area contributed by atoms with Crippen LogP contribution in [0.25, 0.3) is 0 Å². The van der Waals surface area contributed by atoms with E-state index in [-0.39, 0.29) is 16.8 Å². The van der Waals surface area contributed by atoms with Gasteiger partial charge in [0.05, 0.1) is 4.75 Å². The summed E-state index contributed by atoms with van der Waals surface area (Å²) in [7, 11) is 0. The second-order valence-corrected chi connectivity index (χ2v) is 10.8. The number of hydrogen-bond acceptors (Lipinski definition) is 3. The van der Waals surface area contributed by atoms with Crippen molar-refractivity contribution in [2.75, 3.05) is 0 Å². The number of amidine groups is 1.